The third kappa shape index (κ3) is 4.20. The molecule has 0 radical (unpaired) electrons. The molecular weight excluding hydrogens is 375 g/mol. The Morgan fingerprint density at radius 2 is 2.00 bits per heavy atom. The fraction of sp³-hybridized carbons (Fsp3) is 0.158. The Labute approximate surface area is 159 Å². The van der Waals surface area contributed by atoms with Gasteiger partial charge in [-0.25, -0.2) is 9.37 Å². The monoisotopic (exact) mass is 390 g/mol. The van der Waals surface area contributed by atoms with Gasteiger partial charge in [-0.3, -0.25) is 4.79 Å². The normalized spacial score (nSPS) is 10.6. The molecule has 1 N–H and O–H groups in total. The molecule has 0 bridgehead atoms. The summed E-state index contributed by atoms with van der Waals surface area (Å²) in [5.74, 6) is 0.0518. The van der Waals surface area contributed by atoms with E-state index in [1.807, 2.05) is 6.92 Å². The summed E-state index contributed by atoms with van der Waals surface area (Å²) in [7, 11) is 1.53. The van der Waals surface area contributed by atoms with Crippen molar-refractivity contribution in [3.05, 3.63) is 63.2 Å². The summed E-state index contributed by atoms with van der Waals surface area (Å²) in [5, 5.41) is 4.09. The Balaban J connectivity index is 1.77. The van der Waals surface area contributed by atoms with Gasteiger partial charge in [0, 0.05) is 16.1 Å². The minimum absolute atomic E-state index is 0.169. The van der Waals surface area contributed by atoms with Crippen molar-refractivity contribution in [2.24, 2.45) is 0 Å². The number of carbonyl (C=O) groups is 1. The summed E-state index contributed by atoms with van der Waals surface area (Å²) >= 11 is 7.53. The first kappa shape index (κ1) is 18.4. The summed E-state index contributed by atoms with van der Waals surface area (Å²) in [6, 6.07) is 11.1. The molecule has 0 atom stereocenters. The van der Waals surface area contributed by atoms with Gasteiger partial charge in [-0.2, -0.15) is 0 Å². The van der Waals surface area contributed by atoms with Crippen molar-refractivity contribution in [1.29, 1.82) is 0 Å². The number of halogens is 2. The molecule has 1 heterocycles. The number of ether oxygens (including phenoxy) is 1. The fourth-order valence-corrected chi connectivity index (χ4v) is 3.73. The van der Waals surface area contributed by atoms with E-state index in [1.54, 1.807) is 30.3 Å². The summed E-state index contributed by atoms with van der Waals surface area (Å²) in [6.45, 7) is 1.88. The van der Waals surface area contributed by atoms with E-state index < -0.39 is 0 Å². The topological polar surface area (TPSA) is 51.2 Å². The minimum atomic E-state index is -0.309. The smallest absolute Gasteiger partial charge is 0.229 e. The van der Waals surface area contributed by atoms with Crippen molar-refractivity contribution in [2.45, 2.75) is 13.3 Å². The van der Waals surface area contributed by atoms with E-state index in [2.05, 4.69) is 10.3 Å². The Kier molecular flexibility index (Phi) is 5.54. The van der Waals surface area contributed by atoms with Crippen LogP contribution in [0.5, 0.6) is 5.75 Å². The van der Waals surface area contributed by atoms with E-state index in [1.165, 1.54) is 30.6 Å². The molecule has 0 fully saturated rings. The van der Waals surface area contributed by atoms with Crippen LogP contribution in [0.3, 0.4) is 0 Å². The summed E-state index contributed by atoms with van der Waals surface area (Å²) < 4.78 is 18.2. The number of hydrogen-bond donors (Lipinski definition) is 1. The van der Waals surface area contributed by atoms with Gasteiger partial charge in [0.2, 0.25) is 5.91 Å². The van der Waals surface area contributed by atoms with Gasteiger partial charge in [0.1, 0.15) is 11.6 Å². The van der Waals surface area contributed by atoms with E-state index in [9.17, 15) is 9.18 Å². The Bertz CT molecular complexity index is 941. The van der Waals surface area contributed by atoms with E-state index in [0.29, 0.717) is 22.2 Å². The van der Waals surface area contributed by atoms with Crippen LogP contribution in [0.4, 0.5) is 10.1 Å². The SMILES string of the molecule is COc1ccc(NC(=O)Cc2sc(C)nc2-c2ccc(F)cc2)cc1Cl. The molecule has 3 rings (SSSR count). The van der Waals surface area contributed by atoms with Gasteiger partial charge in [-0.1, -0.05) is 11.6 Å². The van der Waals surface area contributed by atoms with Crippen molar-refractivity contribution >= 4 is 34.5 Å². The van der Waals surface area contributed by atoms with Crippen LogP contribution in [-0.2, 0) is 11.2 Å². The van der Waals surface area contributed by atoms with Gasteiger partial charge in [0.05, 0.1) is 29.3 Å². The van der Waals surface area contributed by atoms with Crippen molar-refractivity contribution in [3.63, 3.8) is 0 Å². The number of benzene rings is 2. The molecule has 0 saturated heterocycles. The molecule has 1 aromatic heterocycles. The molecule has 134 valence electrons. The number of anilines is 1. The average molecular weight is 391 g/mol. The number of rotatable bonds is 5. The standard InChI is InChI=1S/C19H16ClFN2O2S/c1-11-22-19(12-3-5-13(21)6-4-12)17(26-11)10-18(24)23-14-7-8-16(25-2)15(20)9-14/h3-9H,10H2,1-2H3,(H,23,24). The maximum absolute atomic E-state index is 13.1. The van der Waals surface area contributed by atoms with Gasteiger partial charge in [0.25, 0.3) is 0 Å². The highest BCUT2D eigenvalue weighted by Crippen LogP contribution is 2.30. The second-order valence-electron chi connectivity index (χ2n) is 5.59. The van der Waals surface area contributed by atoms with Crippen LogP contribution in [0, 0.1) is 12.7 Å². The van der Waals surface area contributed by atoms with Crippen LogP contribution in [0.2, 0.25) is 5.02 Å². The number of nitrogens with one attached hydrogen (secondary N) is 1. The molecule has 0 aliphatic rings. The number of hydrogen-bond acceptors (Lipinski definition) is 4. The van der Waals surface area contributed by atoms with E-state index in [0.717, 1.165) is 15.4 Å². The number of aromatic nitrogens is 1. The maximum atomic E-state index is 13.1. The second kappa shape index (κ2) is 7.85. The molecule has 0 aliphatic heterocycles. The lowest BCUT2D eigenvalue weighted by Gasteiger charge is -2.08. The highest BCUT2D eigenvalue weighted by Gasteiger charge is 2.15. The summed E-state index contributed by atoms with van der Waals surface area (Å²) in [5.41, 5.74) is 2.08. The number of carbonyl (C=O) groups excluding carboxylic acids is 1. The van der Waals surface area contributed by atoms with E-state index >= 15 is 0 Å². The number of amides is 1. The lowest BCUT2D eigenvalue weighted by Crippen LogP contribution is -2.14. The minimum Gasteiger partial charge on any atom is -0.495 e. The first-order valence-corrected chi connectivity index (χ1v) is 9.01. The van der Waals surface area contributed by atoms with E-state index in [-0.39, 0.29) is 18.1 Å². The Morgan fingerprint density at radius 1 is 1.27 bits per heavy atom. The molecule has 2 aromatic carbocycles. The quantitative estimate of drug-likeness (QED) is 0.659. The van der Waals surface area contributed by atoms with Gasteiger partial charge in [-0.15, -0.1) is 11.3 Å². The van der Waals surface area contributed by atoms with Crippen LogP contribution >= 0.6 is 22.9 Å². The molecule has 4 nitrogen and oxygen atoms in total. The molecule has 26 heavy (non-hydrogen) atoms. The van der Waals surface area contributed by atoms with Crippen molar-refractivity contribution in [2.75, 3.05) is 12.4 Å². The summed E-state index contributed by atoms with van der Waals surface area (Å²) in [4.78, 5) is 17.7. The predicted molar refractivity (Wildman–Crippen MR) is 103 cm³/mol. The number of thiazole rings is 1. The molecule has 0 saturated carbocycles. The Morgan fingerprint density at radius 3 is 2.65 bits per heavy atom. The van der Waals surface area contributed by atoms with Crippen molar-refractivity contribution in [3.8, 4) is 17.0 Å². The zero-order valence-electron chi connectivity index (χ0n) is 14.2. The first-order valence-electron chi connectivity index (χ1n) is 7.82. The van der Waals surface area contributed by atoms with Gasteiger partial charge in [-0.05, 0) is 49.4 Å². The second-order valence-corrected chi connectivity index (χ2v) is 7.28. The summed E-state index contributed by atoms with van der Waals surface area (Å²) in [6.07, 6.45) is 0.169. The van der Waals surface area contributed by atoms with Crippen LogP contribution in [0.15, 0.2) is 42.5 Å². The third-order valence-electron chi connectivity index (χ3n) is 3.68. The first-order chi connectivity index (χ1) is 12.5. The molecule has 0 unspecified atom stereocenters. The highest BCUT2D eigenvalue weighted by molar-refractivity contribution is 7.12. The molecule has 0 spiro atoms. The van der Waals surface area contributed by atoms with E-state index in [4.69, 9.17) is 16.3 Å². The van der Waals surface area contributed by atoms with Gasteiger partial charge >= 0.3 is 0 Å². The molecular formula is C19H16ClFN2O2S. The van der Waals surface area contributed by atoms with Crippen LogP contribution in [-0.4, -0.2) is 18.0 Å². The molecule has 3 aromatic rings. The van der Waals surface area contributed by atoms with Gasteiger partial charge < -0.3 is 10.1 Å². The third-order valence-corrected chi connectivity index (χ3v) is 4.94. The lowest BCUT2D eigenvalue weighted by molar-refractivity contribution is -0.115. The van der Waals surface area contributed by atoms with Gasteiger partial charge in [0.15, 0.2) is 0 Å². The molecule has 1 amide bonds. The fourth-order valence-electron chi connectivity index (χ4n) is 2.52. The zero-order chi connectivity index (χ0) is 18.7. The molecule has 7 heteroatoms. The van der Waals surface area contributed by atoms with Crippen LogP contribution in [0.25, 0.3) is 11.3 Å². The zero-order valence-corrected chi connectivity index (χ0v) is 15.7. The number of aryl methyl sites for hydroxylation is 1. The predicted octanol–water partition coefficient (Wildman–Crippen LogP) is 5.10. The number of nitrogens with zero attached hydrogens (tertiary/aromatic N) is 1. The van der Waals surface area contributed by atoms with Crippen LogP contribution in [0.1, 0.15) is 9.88 Å². The Hall–Kier alpha value is -2.44. The molecule has 0 aliphatic carbocycles. The highest BCUT2D eigenvalue weighted by atomic mass is 35.5. The maximum Gasteiger partial charge on any atom is 0.229 e. The lowest BCUT2D eigenvalue weighted by atomic mass is 10.1. The largest absolute Gasteiger partial charge is 0.495 e. The van der Waals surface area contributed by atoms with Crippen LogP contribution < -0.4 is 10.1 Å². The number of methoxy groups -OCH3 is 1. The van der Waals surface area contributed by atoms with Crippen molar-refractivity contribution in [1.82, 2.24) is 4.98 Å². The van der Waals surface area contributed by atoms with Crippen molar-refractivity contribution < 1.29 is 13.9 Å². The average Bonchev–Trinajstić information content (AvgIpc) is 2.96.